The largest absolute Gasteiger partial charge is 0.390 e. The van der Waals surface area contributed by atoms with Crippen molar-refractivity contribution in [3.05, 3.63) is 0 Å². The fourth-order valence-electron chi connectivity index (χ4n) is 1.73. The Bertz CT molecular complexity index is 277. The molecule has 1 unspecified atom stereocenters. The predicted molar refractivity (Wildman–Crippen MR) is 53.2 cm³/mol. The van der Waals surface area contributed by atoms with E-state index in [0.717, 1.165) is 0 Å². The van der Waals surface area contributed by atoms with E-state index in [-0.39, 0.29) is 17.9 Å². The van der Waals surface area contributed by atoms with Crippen LogP contribution < -0.4 is 5.32 Å². The third kappa shape index (κ3) is 2.09. The number of fused-ring (bicyclic) bond motifs is 1. The van der Waals surface area contributed by atoms with Crippen molar-refractivity contribution in [1.82, 2.24) is 5.32 Å². The van der Waals surface area contributed by atoms with Crippen LogP contribution in [0.3, 0.4) is 0 Å². The van der Waals surface area contributed by atoms with Gasteiger partial charge in [-0.25, -0.2) is 8.78 Å². The smallest absolute Gasteiger partial charge is 0.266 e. The topological polar surface area (TPSA) is 53.9 Å². The average molecular weight is 238 g/mol. The lowest BCUT2D eigenvalue weighted by molar-refractivity contribution is -0.154. The summed E-state index contributed by atoms with van der Waals surface area (Å²) in [7, 11) is 1.62. The van der Waals surface area contributed by atoms with E-state index in [9.17, 15) is 13.9 Å². The normalized spacial score (nSPS) is 43.1. The Balaban J connectivity index is 2.05. The van der Waals surface area contributed by atoms with Gasteiger partial charge < -0.3 is 15.2 Å². The summed E-state index contributed by atoms with van der Waals surface area (Å²) in [5.74, 6) is 0. The molecule has 7 heteroatoms. The van der Waals surface area contributed by atoms with Crippen molar-refractivity contribution in [3.63, 3.8) is 0 Å². The molecule has 2 aliphatic heterocycles. The number of aliphatic hydroxyl groups excluding tert-OH is 1. The van der Waals surface area contributed by atoms with Crippen LogP contribution in [0.1, 0.15) is 6.42 Å². The zero-order valence-corrected chi connectivity index (χ0v) is 8.88. The minimum atomic E-state index is -2.65. The Morgan fingerprint density at radius 3 is 3.00 bits per heavy atom. The molecule has 2 rings (SSSR count). The highest BCUT2D eigenvalue weighted by Crippen LogP contribution is 2.34. The average Bonchev–Trinajstić information content (AvgIpc) is 2.58. The lowest BCUT2D eigenvalue weighted by atomic mass is 10.0. The predicted octanol–water partition coefficient (Wildman–Crippen LogP) is 0.418. The monoisotopic (exact) mass is 238 g/mol. The molecule has 2 heterocycles. The Morgan fingerprint density at radius 2 is 2.40 bits per heavy atom. The first kappa shape index (κ1) is 11.1. The number of aliphatic imine (C=N–C) groups is 1. The Hall–Kier alpha value is -0.400. The second-order valence-corrected chi connectivity index (χ2v) is 4.59. The van der Waals surface area contributed by atoms with Crippen LogP contribution in [-0.4, -0.2) is 47.4 Å². The minimum absolute atomic E-state index is 0.126. The van der Waals surface area contributed by atoms with Crippen molar-refractivity contribution >= 4 is 16.9 Å². The third-order valence-electron chi connectivity index (χ3n) is 2.48. The van der Waals surface area contributed by atoms with Gasteiger partial charge in [-0.15, -0.1) is 0 Å². The molecule has 0 bridgehead atoms. The van der Waals surface area contributed by atoms with Gasteiger partial charge in [0.2, 0.25) is 0 Å². The number of ether oxygens (including phenoxy) is 1. The van der Waals surface area contributed by atoms with Crippen LogP contribution in [0.5, 0.6) is 0 Å². The summed E-state index contributed by atoms with van der Waals surface area (Å²) in [5, 5.41) is 13.1. The maximum absolute atomic E-state index is 12.5. The number of rotatable bonds is 1. The van der Waals surface area contributed by atoms with Crippen LogP contribution in [0.25, 0.3) is 0 Å². The Kier molecular flexibility index (Phi) is 3.13. The van der Waals surface area contributed by atoms with Gasteiger partial charge in [-0.05, 0) is 6.42 Å². The van der Waals surface area contributed by atoms with Gasteiger partial charge in [0.1, 0.15) is 11.5 Å². The standard InChI is InChI=1S/C8H12F2N2O2S/c1-11-8-12-3-2-4(13)5(6(9)10)14-7(3)15-8/h3-7,13H,2H2,1H3,(H,11,12)/t3-,4+,5?,7-/m1/s1. The molecule has 0 saturated carbocycles. The molecule has 0 aromatic heterocycles. The fourth-order valence-corrected chi connectivity index (χ4v) is 2.80. The molecule has 0 spiro atoms. The van der Waals surface area contributed by atoms with Crippen molar-refractivity contribution in [2.45, 2.75) is 36.5 Å². The van der Waals surface area contributed by atoms with Gasteiger partial charge in [-0.1, -0.05) is 11.8 Å². The molecule has 0 aromatic rings. The lowest BCUT2D eigenvalue weighted by Crippen LogP contribution is -2.50. The van der Waals surface area contributed by atoms with Crippen LogP contribution in [-0.2, 0) is 4.74 Å². The SMILES string of the molecule is CN=C1N[C@@H]2C[C@H](O)C(C(F)F)O[C@@H]2S1. The van der Waals surface area contributed by atoms with Crippen molar-refractivity contribution in [3.8, 4) is 0 Å². The third-order valence-corrected chi connectivity index (χ3v) is 3.68. The van der Waals surface area contributed by atoms with E-state index in [1.165, 1.54) is 11.8 Å². The van der Waals surface area contributed by atoms with Crippen molar-refractivity contribution in [1.29, 1.82) is 0 Å². The molecule has 0 amide bonds. The molecule has 2 saturated heterocycles. The molecule has 4 nitrogen and oxygen atoms in total. The summed E-state index contributed by atoms with van der Waals surface area (Å²) < 4.78 is 30.1. The van der Waals surface area contributed by atoms with E-state index >= 15 is 0 Å². The number of alkyl halides is 2. The zero-order valence-electron chi connectivity index (χ0n) is 8.06. The summed E-state index contributed by atoms with van der Waals surface area (Å²) in [6.07, 6.45) is -4.87. The van der Waals surface area contributed by atoms with Crippen LogP contribution in [0.4, 0.5) is 8.78 Å². The Morgan fingerprint density at radius 1 is 1.67 bits per heavy atom. The molecule has 0 aromatic carbocycles. The second-order valence-electron chi connectivity index (χ2n) is 3.50. The Labute approximate surface area is 90.1 Å². The molecule has 2 aliphatic rings. The van der Waals surface area contributed by atoms with E-state index in [0.29, 0.717) is 5.17 Å². The summed E-state index contributed by atoms with van der Waals surface area (Å²) in [6.45, 7) is 0. The maximum Gasteiger partial charge on any atom is 0.266 e. The van der Waals surface area contributed by atoms with Crippen LogP contribution in [0.15, 0.2) is 4.99 Å². The number of aliphatic hydroxyl groups is 1. The molecular formula is C8H12F2N2O2S. The lowest BCUT2D eigenvalue weighted by Gasteiger charge is -2.34. The highest BCUT2D eigenvalue weighted by molar-refractivity contribution is 8.14. The van der Waals surface area contributed by atoms with Crippen molar-refractivity contribution in [2.75, 3.05) is 7.05 Å². The van der Waals surface area contributed by atoms with Crippen molar-refractivity contribution in [2.24, 2.45) is 4.99 Å². The van der Waals surface area contributed by atoms with Gasteiger partial charge in [0.15, 0.2) is 5.17 Å². The van der Waals surface area contributed by atoms with Crippen LogP contribution >= 0.6 is 11.8 Å². The van der Waals surface area contributed by atoms with E-state index in [1.807, 2.05) is 0 Å². The van der Waals surface area contributed by atoms with Crippen LogP contribution in [0.2, 0.25) is 0 Å². The molecule has 2 N–H and O–H groups in total. The molecule has 15 heavy (non-hydrogen) atoms. The number of nitrogens with one attached hydrogen (secondary N) is 1. The first-order chi connectivity index (χ1) is 7.11. The summed E-state index contributed by atoms with van der Waals surface area (Å²) >= 11 is 1.29. The quantitative estimate of drug-likeness (QED) is 0.695. The van der Waals surface area contributed by atoms with Gasteiger partial charge in [-0.3, -0.25) is 4.99 Å². The second kappa shape index (κ2) is 4.23. The van der Waals surface area contributed by atoms with E-state index in [4.69, 9.17) is 4.74 Å². The first-order valence-corrected chi connectivity index (χ1v) is 5.51. The first-order valence-electron chi connectivity index (χ1n) is 4.63. The number of nitrogens with zero attached hydrogens (tertiary/aromatic N) is 1. The maximum atomic E-state index is 12.5. The molecule has 4 atom stereocenters. The summed E-state index contributed by atoms with van der Waals surface area (Å²) in [4.78, 5) is 3.93. The number of hydrogen-bond donors (Lipinski definition) is 2. The molecule has 86 valence electrons. The van der Waals surface area contributed by atoms with Gasteiger partial charge in [0, 0.05) is 7.05 Å². The van der Waals surface area contributed by atoms with E-state index < -0.39 is 18.6 Å². The minimum Gasteiger partial charge on any atom is -0.390 e. The molecule has 0 radical (unpaired) electrons. The van der Waals surface area contributed by atoms with Gasteiger partial charge in [0.25, 0.3) is 6.43 Å². The van der Waals surface area contributed by atoms with Crippen LogP contribution in [0, 0.1) is 0 Å². The number of halogens is 2. The number of thioether (sulfide) groups is 1. The number of hydrogen-bond acceptors (Lipinski definition) is 4. The van der Waals surface area contributed by atoms with E-state index in [1.54, 1.807) is 7.05 Å². The summed E-state index contributed by atoms with van der Waals surface area (Å²) in [5.41, 5.74) is -0.369. The van der Waals surface area contributed by atoms with E-state index in [2.05, 4.69) is 10.3 Å². The van der Waals surface area contributed by atoms with Gasteiger partial charge >= 0.3 is 0 Å². The fraction of sp³-hybridized carbons (Fsp3) is 0.875. The van der Waals surface area contributed by atoms with Gasteiger partial charge in [0.05, 0.1) is 12.1 Å². The molecule has 2 fully saturated rings. The van der Waals surface area contributed by atoms with Crippen molar-refractivity contribution < 1.29 is 18.6 Å². The summed E-state index contributed by atoms with van der Waals surface area (Å²) in [6, 6.07) is -0.126. The van der Waals surface area contributed by atoms with Gasteiger partial charge in [-0.2, -0.15) is 0 Å². The molecule has 0 aliphatic carbocycles. The zero-order chi connectivity index (χ0) is 11.0. The highest BCUT2D eigenvalue weighted by Gasteiger charge is 2.45. The molecular weight excluding hydrogens is 226 g/mol. The highest BCUT2D eigenvalue weighted by atomic mass is 32.2. The number of amidine groups is 1.